The number of rotatable bonds is 6. The number of thiocarbonyl (C=S) groups is 1. The summed E-state index contributed by atoms with van der Waals surface area (Å²) in [7, 11) is 0. The number of nitrogens with one attached hydrogen (secondary N) is 1. The summed E-state index contributed by atoms with van der Waals surface area (Å²) in [6.45, 7) is 0.345. The third kappa shape index (κ3) is 5.41. The number of hydrogen-bond acceptors (Lipinski definition) is 6. The van der Waals surface area contributed by atoms with E-state index in [1.54, 1.807) is 35.7 Å². The molecular formula is C22H14BrClN2O3S3. The molecule has 5 nitrogen and oxygen atoms in total. The Bertz CT molecular complexity index is 1210. The summed E-state index contributed by atoms with van der Waals surface area (Å²) in [5.74, 6) is -0.170. The number of benzene rings is 2. The molecule has 0 bridgehead atoms. The van der Waals surface area contributed by atoms with Crippen LogP contribution in [0.5, 0.6) is 5.75 Å². The van der Waals surface area contributed by atoms with Gasteiger partial charge < -0.3 is 4.74 Å². The molecule has 2 aromatic carbocycles. The number of carbonyl (C=O) groups is 2. The van der Waals surface area contributed by atoms with Gasteiger partial charge in [-0.2, -0.15) is 5.01 Å². The average Bonchev–Trinajstić information content (AvgIpc) is 3.39. The van der Waals surface area contributed by atoms with Gasteiger partial charge >= 0.3 is 0 Å². The van der Waals surface area contributed by atoms with E-state index in [2.05, 4.69) is 21.4 Å². The summed E-state index contributed by atoms with van der Waals surface area (Å²) in [6, 6.07) is 16.4. The minimum absolute atomic E-state index is 0.254. The summed E-state index contributed by atoms with van der Waals surface area (Å²) < 4.78 is 7.08. The Labute approximate surface area is 211 Å². The van der Waals surface area contributed by atoms with E-state index in [1.165, 1.54) is 11.3 Å². The highest BCUT2D eigenvalue weighted by molar-refractivity contribution is 9.10. The fourth-order valence-corrected chi connectivity index (χ4v) is 5.06. The van der Waals surface area contributed by atoms with E-state index < -0.39 is 5.91 Å². The van der Waals surface area contributed by atoms with Crippen LogP contribution in [0.3, 0.4) is 0 Å². The number of amides is 2. The molecular weight excluding hydrogens is 552 g/mol. The Hall–Kier alpha value is -2.17. The molecule has 0 radical (unpaired) electrons. The van der Waals surface area contributed by atoms with Crippen LogP contribution in [-0.4, -0.2) is 21.1 Å². The molecule has 1 fully saturated rings. The van der Waals surface area contributed by atoms with Gasteiger partial charge in [0.05, 0.1) is 9.78 Å². The van der Waals surface area contributed by atoms with E-state index in [0.717, 1.165) is 26.8 Å². The van der Waals surface area contributed by atoms with Crippen LogP contribution in [0.2, 0.25) is 5.02 Å². The van der Waals surface area contributed by atoms with Crippen molar-refractivity contribution in [1.82, 2.24) is 10.4 Å². The van der Waals surface area contributed by atoms with E-state index in [1.807, 2.05) is 30.3 Å². The molecule has 1 aliphatic heterocycles. The van der Waals surface area contributed by atoms with E-state index in [0.29, 0.717) is 32.7 Å². The standard InChI is InChI=1S/C22H14BrClN2O3S3/c23-15-5-8-17(29-12-13-3-6-16(24)7-4-13)14(10-15)11-19-21(28)26(22(30)32-19)25-20(27)18-2-1-9-31-18/h1-11H,12H2,(H,25,27)/b19-11+. The Balaban J connectivity index is 1.53. The lowest BCUT2D eigenvalue weighted by atomic mass is 10.1. The third-order valence-corrected chi connectivity index (χ3v) is 7.23. The van der Waals surface area contributed by atoms with Crippen LogP contribution < -0.4 is 10.2 Å². The van der Waals surface area contributed by atoms with Crippen LogP contribution in [0.15, 0.2) is 69.4 Å². The van der Waals surface area contributed by atoms with Crippen LogP contribution in [0, 0.1) is 0 Å². The first-order chi connectivity index (χ1) is 15.4. The van der Waals surface area contributed by atoms with E-state index >= 15 is 0 Å². The van der Waals surface area contributed by atoms with Crippen molar-refractivity contribution in [2.45, 2.75) is 6.61 Å². The number of ether oxygens (including phenoxy) is 1. The SMILES string of the molecule is O=C(NN1C(=O)/C(=C\c2cc(Br)ccc2OCc2ccc(Cl)cc2)SC1=S)c1cccs1. The maximum absolute atomic E-state index is 12.9. The van der Waals surface area contributed by atoms with Crippen LogP contribution in [0.1, 0.15) is 20.8 Å². The second-order valence-corrected chi connectivity index (χ2v) is 10.5. The van der Waals surface area contributed by atoms with Crippen LogP contribution >= 0.6 is 62.8 Å². The normalized spacial score (nSPS) is 14.8. The largest absolute Gasteiger partial charge is 0.488 e. The minimum Gasteiger partial charge on any atom is -0.488 e. The highest BCUT2D eigenvalue weighted by Gasteiger charge is 2.34. The number of thiophene rings is 1. The van der Waals surface area contributed by atoms with Gasteiger partial charge in [0.2, 0.25) is 0 Å². The van der Waals surface area contributed by atoms with Gasteiger partial charge in [-0.25, -0.2) is 0 Å². The molecule has 4 rings (SSSR count). The summed E-state index contributed by atoms with van der Waals surface area (Å²) >= 11 is 17.1. The molecule has 3 aromatic rings. The molecule has 32 heavy (non-hydrogen) atoms. The number of hydrogen-bond donors (Lipinski definition) is 1. The van der Waals surface area contributed by atoms with Crippen molar-refractivity contribution >= 4 is 85.1 Å². The maximum Gasteiger partial charge on any atom is 0.285 e. The molecule has 0 unspecified atom stereocenters. The van der Waals surface area contributed by atoms with Crippen molar-refractivity contribution in [3.63, 3.8) is 0 Å². The number of nitrogens with zero attached hydrogens (tertiary/aromatic N) is 1. The maximum atomic E-state index is 12.9. The van der Waals surface area contributed by atoms with Crippen molar-refractivity contribution in [2.24, 2.45) is 0 Å². The van der Waals surface area contributed by atoms with Gasteiger partial charge in [-0.1, -0.05) is 57.5 Å². The lowest BCUT2D eigenvalue weighted by molar-refractivity contribution is -0.123. The first kappa shape index (κ1) is 23.0. The molecule has 10 heteroatoms. The number of carbonyl (C=O) groups excluding carboxylic acids is 2. The number of halogens is 2. The molecule has 0 aliphatic carbocycles. The predicted molar refractivity (Wildman–Crippen MR) is 137 cm³/mol. The Kier molecular flexibility index (Phi) is 7.32. The zero-order valence-corrected chi connectivity index (χ0v) is 21.0. The molecule has 1 aliphatic rings. The second-order valence-electron chi connectivity index (χ2n) is 6.53. The van der Waals surface area contributed by atoms with Crippen LogP contribution in [-0.2, 0) is 11.4 Å². The summed E-state index contributed by atoms with van der Waals surface area (Å²) in [6.07, 6.45) is 1.71. The molecule has 0 spiro atoms. The monoisotopic (exact) mass is 564 g/mol. The fraction of sp³-hybridized carbons (Fsp3) is 0.0455. The molecule has 0 atom stereocenters. The van der Waals surface area contributed by atoms with Crippen molar-refractivity contribution in [3.05, 3.63) is 90.4 Å². The van der Waals surface area contributed by atoms with Crippen molar-refractivity contribution < 1.29 is 14.3 Å². The van der Waals surface area contributed by atoms with Gasteiger partial charge in [-0.15, -0.1) is 11.3 Å². The molecule has 162 valence electrons. The lowest BCUT2D eigenvalue weighted by Gasteiger charge is -2.14. The summed E-state index contributed by atoms with van der Waals surface area (Å²) in [4.78, 5) is 26.1. The topological polar surface area (TPSA) is 58.6 Å². The lowest BCUT2D eigenvalue weighted by Crippen LogP contribution is -2.44. The predicted octanol–water partition coefficient (Wildman–Crippen LogP) is 6.29. The Morgan fingerprint density at radius 2 is 2.00 bits per heavy atom. The smallest absolute Gasteiger partial charge is 0.285 e. The van der Waals surface area contributed by atoms with Crippen LogP contribution in [0.25, 0.3) is 6.08 Å². The molecule has 1 N–H and O–H groups in total. The minimum atomic E-state index is -0.395. The summed E-state index contributed by atoms with van der Waals surface area (Å²) in [5, 5.41) is 3.55. The molecule has 1 saturated heterocycles. The first-order valence-corrected chi connectivity index (χ1v) is 12.5. The van der Waals surface area contributed by atoms with E-state index in [4.69, 9.17) is 28.6 Å². The van der Waals surface area contributed by atoms with Gasteiger partial charge in [0.15, 0.2) is 4.32 Å². The second kappa shape index (κ2) is 10.2. The van der Waals surface area contributed by atoms with Gasteiger partial charge in [0, 0.05) is 15.1 Å². The van der Waals surface area contributed by atoms with Gasteiger partial charge in [0.1, 0.15) is 12.4 Å². The Morgan fingerprint density at radius 3 is 2.72 bits per heavy atom. The molecule has 1 aromatic heterocycles. The van der Waals surface area contributed by atoms with Crippen LogP contribution in [0.4, 0.5) is 0 Å². The number of hydrazine groups is 1. The van der Waals surface area contributed by atoms with Gasteiger partial charge in [0.25, 0.3) is 11.8 Å². The number of thioether (sulfide) groups is 1. The van der Waals surface area contributed by atoms with Gasteiger partial charge in [-0.05, 0) is 65.6 Å². The summed E-state index contributed by atoms with van der Waals surface area (Å²) in [5.41, 5.74) is 4.25. The van der Waals surface area contributed by atoms with E-state index in [9.17, 15) is 9.59 Å². The molecule has 2 heterocycles. The van der Waals surface area contributed by atoms with Gasteiger partial charge in [-0.3, -0.25) is 15.0 Å². The first-order valence-electron chi connectivity index (χ1n) is 9.20. The third-order valence-electron chi connectivity index (χ3n) is 4.32. The highest BCUT2D eigenvalue weighted by Crippen LogP contribution is 2.34. The zero-order valence-electron chi connectivity index (χ0n) is 16.2. The van der Waals surface area contributed by atoms with Crippen molar-refractivity contribution in [2.75, 3.05) is 0 Å². The Morgan fingerprint density at radius 1 is 1.22 bits per heavy atom. The molecule has 2 amide bonds. The van der Waals surface area contributed by atoms with E-state index in [-0.39, 0.29) is 10.2 Å². The fourth-order valence-electron chi connectivity index (χ4n) is 2.77. The zero-order chi connectivity index (χ0) is 22.7. The quantitative estimate of drug-likeness (QED) is 0.281. The molecule has 0 saturated carbocycles. The van der Waals surface area contributed by atoms with Crippen molar-refractivity contribution in [3.8, 4) is 5.75 Å². The highest BCUT2D eigenvalue weighted by atomic mass is 79.9. The van der Waals surface area contributed by atoms with Crippen molar-refractivity contribution in [1.29, 1.82) is 0 Å². The average molecular weight is 566 g/mol.